The fourth-order valence-electron chi connectivity index (χ4n) is 1.40. The second kappa shape index (κ2) is 2.67. The molecule has 1 aromatic heterocycles. The molecule has 0 saturated carbocycles. The molecular formula is C11H12O. The Labute approximate surface area is 72.4 Å². The number of rotatable bonds is 1. The summed E-state index contributed by atoms with van der Waals surface area (Å²) in [5.74, 6) is 2.50. The van der Waals surface area contributed by atoms with E-state index < -0.39 is 0 Å². The van der Waals surface area contributed by atoms with Crippen molar-refractivity contribution in [1.29, 1.82) is 0 Å². The SMILES string of the molecule is Cc1ccc(C2=CC(C)C=C2)o1. The number of allylic oxidation sites excluding steroid dienone is 4. The standard InChI is InChI=1S/C11H12O/c1-8-3-5-10(7-8)11-6-4-9(2)12-11/h3-8H,1-2H3. The van der Waals surface area contributed by atoms with Gasteiger partial charge < -0.3 is 4.42 Å². The molecule has 1 nitrogen and oxygen atoms in total. The zero-order valence-electron chi connectivity index (χ0n) is 7.37. The predicted octanol–water partition coefficient (Wildman–Crippen LogP) is 3.18. The normalized spacial score (nSPS) is 21.5. The third-order valence-electron chi connectivity index (χ3n) is 2.05. The maximum atomic E-state index is 5.50. The zero-order valence-corrected chi connectivity index (χ0v) is 7.37. The molecule has 62 valence electrons. The van der Waals surface area contributed by atoms with Gasteiger partial charge in [-0.3, -0.25) is 0 Å². The minimum atomic E-state index is 0.547. The van der Waals surface area contributed by atoms with Crippen molar-refractivity contribution in [2.24, 2.45) is 5.92 Å². The third kappa shape index (κ3) is 1.22. The Morgan fingerprint density at radius 3 is 2.67 bits per heavy atom. The highest BCUT2D eigenvalue weighted by atomic mass is 16.3. The van der Waals surface area contributed by atoms with Crippen LogP contribution >= 0.6 is 0 Å². The van der Waals surface area contributed by atoms with E-state index in [-0.39, 0.29) is 0 Å². The topological polar surface area (TPSA) is 13.1 Å². The molecular weight excluding hydrogens is 148 g/mol. The first kappa shape index (κ1) is 7.41. The lowest BCUT2D eigenvalue weighted by Gasteiger charge is -1.92. The first-order valence-corrected chi connectivity index (χ1v) is 4.22. The molecule has 1 atom stereocenters. The second-order valence-corrected chi connectivity index (χ2v) is 3.25. The van der Waals surface area contributed by atoms with Crippen LogP contribution < -0.4 is 0 Å². The highest BCUT2D eigenvalue weighted by molar-refractivity contribution is 5.73. The van der Waals surface area contributed by atoms with Gasteiger partial charge in [0, 0.05) is 5.57 Å². The van der Waals surface area contributed by atoms with Gasteiger partial charge in [-0.15, -0.1) is 0 Å². The summed E-state index contributed by atoms with van der Waals surface area (Å²) < 4.78 is 5.50. The van der Waals surface area contributed by atoms with E-state index in [1.807, 2.05) is 19.1 Å². The minimum absolute atomic E-state index is 0.547. The Morgan fingerprint density at radius 2 is 2.17 bits per heavy atom. The summed E-state index contributed by atoms with van der Waals surface area (Å²) >= 11 is 0. The molecule has 0 saturated heterocycles. The summed E-state index contributed by atoms with van der Waals surface area (Å²) in [5, 5.41) is 0. The predicted molar refractivity (Wildman–Crippen MR) is 49.7 cm³/mol. The summed E-state index contributed by atoms with van der Waals surface area (Å²) in [5.41, 5.74) is 1.20. The van der Waals surface area contributed by atoms with Crippen molar-refractivity contribution in [2.75, 3.05) is 0 Å². The molecule has 0 aliphatic heterocycles. The van der Waals surface area contributed by atoms with E-state index in [9.17, 15) is 0 Å². The Bertz CT molecular complexity index is 342. The van der Waals surface area contributed by atoms with Crippen molar-refractivity contribution in [3.05, 3.63) is 41.9 Å². The van der Waals surface area contributed by atoms with Crippen LogP contribution in [0.25, 0.3) is 5.57 Å². The van der Waals surface area contributed by atoms with E-state index in [4.69, 9.17) is 4.42 Å². The van der Waals surface area contributed by atoms with Gasteiger partial charge in [0.2, 0.25) is 0 Å². The highest BCUT2D eigenvalue weighted by Crippen LogP contribution is 2.25. The van der Waals surface area contributed by atoms with Crippen molar-refractivity contribution in [3.8, 4) is 0 Å². The zero-order chi connectivity index (χ0) is 8.55. The largest absolute Gasteiger partial charge is 0.461 e. The van der Waals surface area contributed by atoms with Gasteiger partial charge in [-0.25, -0.2) is 0 Å². The maximum absolute atomic E-state index is 5.50. The Balaban J connectivity index is 2.33. The lowest BCUT2D eigenvalue weighted by atomic mass is 10.2. The van der Waals surface area contributed by atoms with Crippen LogP contribution in [0.15, 0.2) is 34.8 Å². The molecule has 0 aromatic carbocycles. The van der Waals surface area contributed by atoms with Crippen LogP contribution in [0.3, 0.4) is 0 Å². The van der Waals surface area contributed by atoms with E-state index in [0.717, 1.165) is 11.5 Å². The van der Waals surface area contributed by atoms with E-state index in [2.05, 4.69) is 25.2 Å². The second-order valence-electron chi connectivity index (χ2n) is 3.25. The fraction of sp³-hybridized carbons (Fsp3) is 0.273. The van der Waals surface area contributed by atoms with Crippen LogP contribution in [0, 0.1) is 12.8 Å². The number of hydrogen-bond acceptors (Lipinski definition) is 1. The molecule has 1 aliphatic rings. The number of furan rings is 1. The molecule has 12 heavy (non-hydrogen) atoms. The summed E-state index contributed by atoms with van der Waals surface area (Å²) in [7, 11) is 0. The number of aryl methyl sites for hydroxylation is 1. The molecule has 0 N–H and O–H groups in total. The molecule has 0 fully saturated rings. The average Bonchev–Trinajstić information content (AvgIpc) is 2.58. The first-order chi connectivity index (χ1) is 5.75. The van der Waals surface area contributed by atoms with Crippen LogP contribution in [0.4, 0.5) is 0 Å². The molecule has 1 unspecified atom stereocenters. The first-order valence-electron chi connectivity index (χ1n) is 4.22. The molecule has 1 heteroatoms. The Kier molecular flexibility index (Phi) is 1.65. The van der Waals surface area contributed by atoms with Crippen molar-refractivity contribution >= 4 is 5.57 Å². The van der Waals surface area contributed by atoms with Crippen molar-refractivity contribution in [3.63, 3.8) is 0 Å². The summed E-state index contributed by atoms with van der Waals surface area (Å²) in [6.07, 6.45) is 6.49. The van der Waals surface area contributed by atoms with E-state index in [0.29, 0.717) is 5.92 Å². The quantitative estimate of drug-likeness (QED) is 0.615. The summed E-state index contributed by atoms with van der Waals surface area (Å²) in [6.45, 7) is 4.13. The van der Waals surface area contributed by atoms with Gasteiger partial charge in [0.15, 0.2) is 0 Å². The Morgan fingerprint density at radius 1 is 1.33 bits per heavy atom. The molecule has 1 aliphatic carbocycles. The summed E-state index contributed by atoms with van der Waals surface area (Å²) in [6, 6.07) is 4.01. The van der Waals surface area contributed by atoms with Crippen molar-refractivity contribution in [1.82, 2.24) is 0 Å². The van der Waals surface area contributed by atoms with Gasteiger partial charge in [0.25, 0.3) is 0 Å². The maximum Gasteiger partial charge on any atom is 0.133 e. The summed E-state index contributed by atoms with van der Waals surface area (Å²) in [4.78, 5) is 0. The molecule has 0 amide bonds. The van der Waals surface area contributed by atoms with Crippen molar-refractivity contribution in [2.45, 2.75) is 13.8 Å². The third-order valence-corrected chi connectivity index (χ3v) is 2.05. The van der Waals surface area contributed by atoms with Gasteiger partial charge in [0.1, 0.15) is 11.5 Å². The van der Waals surface area contributed by atoms with Crippen LogP contribution in [0.1, 0.15) is 18.4 Å². The van der Waals surface area contributed by atoms with Gasteiger partial charge in [-0.2, -0.15) is 0 Å². The van der Waals surface area contributed by atoms with Crippen LogP contribution in [-0.4, -0.2) is 0 Å². The fourth-order valence-corrected chi connectivity index (χ4v) is 1.40. The average molecular weight is 160 g/mol. The van der Waals surface area contributed by atoms with Gasteiger partial charge >= 0.3 is 0 Å². The molecule has 0 radical (unpaired) electrons. The van der Waals surface area contributed by atoms with Crippen molar-refractivity contribution < 1.29 is 4.42 Å². The van der Waals surface area contributed by atoms with Gasteiger partial charge in [0.05, 0.1) is 0 Å². The highest BCUT2D eigenvalue weighted by Gasteiger charge is 2.08. The van der Waals surface area contributed by atoms with E-state index >= 15 is 0 Å². The van der Waals surface area contributed by atoms with Gasteiger partial charge in [-0.1, -0.05) is 25.2 Å². The lowest BCUT2D eigenvalue weighted by molar-refractivity contribution is 0.522. The van der Waals surface area contributed by atoms with Gasteiger partial charge in [-0.05, 0) is 25.0 Å². The molecule has 0 bridgehead atoms. The smallest absolute Gasteiger partial charge is 0.133 e. The number of hydrogen-bond donors (Lipinski definition) is 0. The lowest BCUT2D eigenvalue weighted by Crippen LogP contribution is -1.75. The van der Waals surface area contributed by atoms with E-state index in [1.54, 1.807) is 0 Å². The molecule has 1 aromatic rings. The van der Waals surface area contributed by atoms with Crippen LogP contribution in [0.5, 0.6) is 0 Å². The van der Waals surface area contributed by atoms with E-state index in [1.165, 1.54) is 5.57 Å². The van der Waals surface area contributed by atoms with Crippen LogP contribution in [0.2, 0.25) is 0 Å². The van der Waals surface area contributed by atoms with Crippen LogP contribution in [-0.2, 0) is 0 Å². The monoisotopic (exact) mass is 160 g/mol. The molecule has 2 rings (SSSR count). The molecule has 1 heterocycles. The Hall–Kier alpha value is -1.24. The molecule has 0 spiro atoms. The minimum Gasteiger partial charge on any atom is -0.461 e.